The van der Waals surface area contributed by atoms with Crippen LogP contribution in [-0.2, 0) is 4.79 Å². The third-order valence-electron chi connectivity index (χ3n) is 3.70. The Hall–Kier alpha value is -1.79. The zero-order chi connectivity index (χ0) is 14.4. The van der Waals surface area contributed by atoms with E-state index in [2.05, 4.69) is 17.2 Å². The first-order valence-corrected chi connectivity index (χ1v) is 7.19. The van der Waals surface area contributed by atoms with Crippen molar-refractivity contribution < 1.29 is 9.90 Å². The van der Waals surface area contributed by atoms with Crippen LogP contribution in [0, 0.1) is 24.7 Å². The van der Waals surface area contributed by atoms with E-state index in [9.17, 15) is 4.79 Å². The van der Waals surface area contributed by atoms with Crippen molar-refractivity contribution in [1.82, 2.24) is 0 Å². The molecule has 1 amide bonds. The van der Waals surface area contributed by atoms with Gasteiger partial charge in [0.1, 0.15) is 6.61 Å². The largest absolute Gasteiger partial charge is 0.384 e. The van der Waals surface area contributed by atoms with Crippen LogP contribution in [0.4, 0.5) is 5.69 Å². The van der Waals surface area contributed by atoms with Crippen molar-refractivity contribution in [3.8, 4) is 11.8 Å². The smallest absolute Gasteiger partial charge is 0.224 e. The van der Waals surface area contributed by atoms with Crippen LogP contribution in [0.5, 0.6) is 0 Å². The van der Waals surface area contributed by atoms with Crippen LogP contribution < -0.4 is 5.32 Å². The molecule has 1 aliphatic rings. The van der Waals surface area contributed by atoms with Crippen LogP contribution in [0.15, 0.2) is 18.2 Å². The topological polar surface area (TPSA) is 49.3 Å². The Balaban J connectivity index is 2.06. The predicted octanol–water partition coefficient (Wildman–Crippen LogP) is 2.86. The van der Waals surface area contributed by atoms with Crippen molar-refractivity contribution >= 4 is 11.6 Å². The van der Waals surface area contributed by atoms with Crippen molar-refractivity contribution in [3.05, 3.63) is 29.3 Å². The van der Waals surface area contributed by atoms with Crippen LogP contribution in [-0.4, -0.2) is 17.6 Å². The summed E-state index contributed by atoms with van der Waals surface area (Å²) in [5.74, 6) is 6.10. The van der Waals surface area contributed by atoms with Crippen molar-refractivity contribution in [3.63, 3.8) is 0 Å². The van der Waals surface area contributed by atoms with E-state index in [0.717, 1.165) is 16.8 Å². The minimum atomic E-state index is -0.177. The second kappa shape index (κ2) is 7.12. The summed E-state index contributed by atoms with van der Waals surface area (Å²) in [4.78, 5) is 12.1. The van der Waals surface area contributed by atoms with Crippen molar-refractivity contribution in [1.29, 1.82) is 0 Å². The summed E-state index contributed by atoms with van der Waals surface area (Å²) >= 11 is 0. The van der Waals surface area contributed by atoms with Gasteiger partial charge in [0.15, 0.2) is 0 Å². The second-order valence-electron chi connectivity index (χ2n) is 5.41. The molecule has 0 aliphatic heterocycles. The molecule has 1 aromatic carbocycles. The summed E-state index contributed by atoms with van der Waals surface area (Å²) in [7, 11) is 0. The minimum absolute atomic E-state index is 0.0644. The van der Waals surface area contributed by atoms with E-state index >= 15 is 0 Å². The second-order valence-corrected chi connectivity index (χ2v) is 5.41. The van der Waals surface area contributed by atoms with E-state index in [1.807, 2.05) is 25.1 Å². The molecule has 1 fully saturated rings. The number of hydrogen-bond donors (Lipinski definition) is 2. The van der Waals surface area contributed by atoms with E-state index in [1.54, 1.807) is 0 Å². The molecule has 0 radical (unpaired) electrons. The number of aliphatic hydroxyl groups excluding tert-OH is 1. The van der Waals surface area contributed by atoms with Gasteiger partial charge in [0.25, 0.3) is 0 Å². The van der Waals surface area contributed by atoms with Crippen LogP contribution in [0.25, 0.3) is 0 Å². The number of carbonyl (C=O) groups excluding carboxylic acids is 1. The number of aryl methyl sites for hydroxylation is 1. The van der Waals surface area contributed by atoms with Gasteiger partial charge in [-0.15, -0.1) is 0 Å². The maximum atomic E-state index is 12.1. The molecule has 20 heavy (non-hydrogen) atoms. The lowest BCUT2D eigenvalue weighted by atomic mass is 10.0. The zero-order valence-corrected chi connectivity index (χ0v) is 11.9. The predicted molar refractivity (Wildman–Crippen MR) is 80.3 cm³/mol. The van der Waals surface area contributed by atoms with Crippen LogP contribution in [0.3, 0.4) is 0 Å². The van der Waals surface area contributed by atoms with E-state index in [-0.39, 0.29) is 12.5 Å². The van der Waals surface area contributed by atoms with Crippen LogP contribution >= 0.6 is 0 Å². The summed E-state index contributed by atoms with van der Waals surface area (Å²) < 4.78 is 0. The number of rotatable bonds is 3. The molecule has 3 heteroatoms. The molecule has 0 spiro atoms. The Morgan fingerprint density at radius 1 is 1.40 bits per heavy atom. The van der Waals surface area contributed by atoms with Gasteiger partial charge in [-0.3, -0.25) is 4.79 Å². The molecular weight excluding hydrogens is 250 g/mol. The summed E-state index contributed by atoms with van der Waals surface area (Å²) in [5.41, 5.74) is 2.58. The fourth-order valence-corrected chi connectivity index (χ4v) is 2.68. The first kappa shape index (κ1) is 14.6. The highest BCUT2D eigenvalue weighted by molar-refractivity contribution is 5.92. The number of nitrogens with one attached hydrogen (secondary N) is 1. The number of carbonyl (C=O) groups is 1. The average Bonchev–Trinajstić information content (AvgIpc) is 2.90. The zero-order valence-electron chi connectivity index (χ0n) is 11.9. The summed E-state index contributed by atoms with van der Waals surface area (Å²) in [5, 5.41) is 11.7. The lowest BCUT2D eigenvalue weighted by Crippen LogP contribution is -2.16. The molecule has 3 nitrogen and oxygen atoms in total. The lowest BCUT2D eigenvalue weighted by Gasteiger charge is -2.11. The maximum Gasteiger partial charge on any atom is 0.224 e. The van der Waals surface area contributed by atoms with Gasteiger partial charge in [0, 0.05) is 12.0 Å². The molecule has 0 unspecified atom stereocenters. The number of amides is 1. The number of benzene rings is 1. The van der Waals surface area contributed by atoms with E-state index < -0.39 is 0 Å². The number of aliphatic hydroxyl groups is 1. The Morgan fingerprint density at radius 3 is 2.85 bits per heavy atom. The van der Waals surface area contributed by atoms with E-state index in [4.69, 9.17) is 5.11 Å². The lowest BCUT2D eigenvalue weighted by molar-refractivity contribution is -0.117. The van der Waals surface area contributed by atoms with Gasteiger partial charge in [0.2, 0.25) is 5.91 Å². The molecule has 2 rings (SSSR count). The maximum absolute atomic E-state index is 12.1. The molecule has 0 atom stereocenters. The highest BCUT2D eigenvalue weighted by Gasteiger charge is 2.18. The fraction of sp³-hybridized carbons (Fsp3) is 0.471. The Labute approximate surface area is 120 Å². The van der Waals surface area contributed by atoms with E-state index in [1.165, 1.54) is 25.7 Å². The van der Waals surface area contributed by atoms with Crippen molar-refractivity contribution in [2.45, 2.75) is 39.0 Å². The summed E-state index contributed by atoms with van der Waals surface area (Å²) in [6.07, 6.45) is 5.42. The van der Waals surface area contributed by atoms with Crippen molar-refractivity contribution in [2.24, 2.45) is 5.92 Å². The normalized spacial score (nSPS) is 14.7. The first-order chi connectivity index (χ1) is 9.69. The van der Waals surface area contributed by atoms with Crippen LogP contribution in [0.1, 0.15) is 43.2 Å². The monoisotopic (exact) mass is 271 g/mol. The van der Waals surface area contributed by atoms with Crippen molar-refractivity contribution in [2.75, 3.05) is 11.9 Å². The quantitative estimate of drug-likeness (QED) is 0.831. The Bertz CT molecular complexity index is 534. The summed E-state index contributed by atoms with van der Waals surface area (Å²) in [6, 6.07) is 5.76. The third kappa shape index (κ3) is 4.11. The molecule has 1 saturated carbocycles. The minimum Gasteiger partial charge on any atom is -0.384 e. The molecule has 0 bridgehead atoms. The Morgan fingerprint density at radius 2 is 2.15 bits per heavy atom. The van der Waals surface area contributed by atoms with Gasteiger partial charge >= 0.3 is 0 Å². The number of anilines is 1. The standard InChI is InChI=1S/C17H21NO2/c1-13-8-9-15(7-4-10-19)16(11-13)18-17(20)12-14-5-2-3-6-14/h8-9,11,14,19H,2-3,5-6,10,12H2,1H3,(H,18,20). The average molecular weight is 271 g/mol. The van der Waals surface area contributed by atoms with Gasteiger partial charge in [-0.25, -0.2) is 0 Å². The molecule has 0 heterocycles. The molecular formula is C17H21NO2. The highest BCUT2D eigenvalue weighted by atomic mass is 16.2. The van der Waals surface area contributed by atoms with Gasteiger partial charge < -0.3 is 10.4 Å². The molecule has 0 saturated heterocycles. The molecule has 2 N–H and O–H groups in total. The van der Waals surface area contributed by atoms with Crippen LogP contribution in [0.2, 0.25) is 0 Å². The molecule has 1 aromatic rings. The van der Waals surface area contributed by atoms with Gasteiger partial charge in [-0.05, 0) is 43.4 Å². The first-order valence-electron chi connectivity index (χ1n) is 7.19. The van der Waals surface area contributed by atoms with E-state index in [0.29, 0.717) is 12.3 Å². The van der Waals surface area contributed by atoms with Gasteiger partial charge in [-0.2, -0.15) is 0 Å². The van der Waals surface area contributed by atoms with Gasteiger partial charge in [0.05, 0.1) is 5.69 Å². The number of hydrogen-bond acceptors (Lipinski definition) is 2. The fourth-order valence-electron chi connectivity index (χ4n) is 2.68. The highest BCUT2D eigenvalue weighted by Crippen LogP contribution is 2.28. The van der Waals surface area contributed by atoms with Gasteiger partial charge in [-0.1, -0.05) is 30.7 Å². The third-order valence-corrected chi connectivity index (χ3v) is 3.70. The molecule has 0 aromatic heterocycles. The molecule has 106 valence electrons. The summed E-state index contributed by atoms with van der Waals surface area (Å²) in [6.45, 7) is 1.80. The Kier molecular flexibility index (Phi) is 5.20. The molecule has 1 aliphatic carbocycles. The SMILES string of the molecule is Cc1ccc(C#CCO)c(NC(=O)CC2CCCC2)c1.